The summed E-state index contributed by atoms with van der Waals surface area (Å²) in [6.45, 7) is 4.80. The molecule has 1 heterocycles. The van der Waals surface area contributed by atoms with Crippen molar-refractivity contribution < 1.29 is 4.79 Å². The topological polar surface area (TPSA) is 32.3 Å². The Morgan fingerprint density at radius 1 is 1.64 bits per heavy atom. The quantitative estimate of drug-likeness (QED) is 0.671. The third kappa shape index (κ3) is 3.17. The molecule has 1 fully saturated rings. The molecule has 1 rings (SSSR count). The van der Waals surface area contributed by atoms with Crippen LogP contribution in [-0.2, 0) is 4.79 Å². The van der Waals surface area contributed by atoms with E-state index in [1.54, 1.807) is 0 Å². The largest absolute Gasteiger partial charge is 0.341 e. The lowest BCUT2D eigenvalue weighted by Gasteiger charge is -2.16. The van der Waals surface area contributed by atoms with Gasteiger partial charge in [0.1, 0.15) is 0 Å². The van der Waals surface area contributed by atoms with Gasteiger partial charge in [0.05, 0.1) is 6.04 Å². The van der Waals surface area contributed by atoms with Crippen molar-refractivity contribution in [2.24, 2.45) is 0 Å². The summed E-state index contributed by atoms with van der Waals surface area (Å²) in [5.41, 5.74) is 0. The standard InChI is InChI=1S/C10H20N2OS/c1-3-11-9-5-7-12(10(9)13)6-4-8-14-2/h9,11H,3-8H2,1-2H3. The average molecular weight is 216 g/mol. The first kappa shape index (κ1) is 11.9. The van der Waals surface area contributed by atoms with Crippen molar-refractivity contribution in [3.63, 3.8) is 0 Å². The van der Waals surface area contributed by atoms with Crippen LogP contribution in [0.25, 0.3) is 0 Å². The van der Waals surface area contributed by atoms with Crippen LogP contribution in [0.2, 0.25) is 0 Å². The summed E-state index contributed by atoms with van der Waals surface area (Å²) < 4.78 is 0. The maximum Gasteiger partial charge on any atom is 0.239 e. The van der Waals surface area contributed by atoms with E-state index in [1.807, 2.05) is 23.6 Å². The molecular weight excluding hydrogens is 196 g/mol. The first-order valence-electron chi connectivity index (χ1n) is 5.30. The van der Waals surface area contributed by atoms with E-state index in [0.29, 0.717) is 5.91 Å². The Kier molecular flexibility index (Phi) is 5.33. The Morgan fingerprint density at radius 2 is 2.43 bits per heavy atom. The molecule has 1 aliphatic rings. The predicted octanol–water partition coefficient (Wildman–Crippen LogP) is 0.950. The number of nitrogens with one attached hydrogen (secondary N) is 1. The number of thioether (sulfide) groups is 1. The van der Waals surface area contributed by atoms with Gasteiger partial charge in [0.25, 0.3) is 0 Å². The van der Waals surface area contributed by atoms with E-state index in [4.69, 9.17) is 0 Å². The predicted molar refractivity (Wildman–Crippen MR) is 61.7 cm³/mol. The Labute approximate surface area is 90.6 Å². The van der Waals surface area contributed by atoms with Crippen LogP contribution in [0.5, 0.6) is 0 Å². The SMILES string of the molecule is CCNC1CCN(CCCSC)C1=O. The summed E-state index contributed by atoms with van der Waals surface area (Å²) in [4.78, 5) is 13.7. The Morgan fingerprint density at radius 3 is 3.07 bits per heavy atom. The lowest BCUT2D eigenvalue weighted by atomic mass is 10.2. The van der Waals surface area contributed by atoms with Gasteiger partial charge in [0.15, 0.2) is 0 Å². The van der Waals surface area contributed by atoms with Gasteiger partial charge >= 0.3 is 0 Å². The van der Waals surface area contributed by atoms with Crippen molar-refractivity contribution in [1.82, 2.24) is 10.2 Å². The average Bonchev–Trinajstić information content (AvgIpc) is 2.51. The number of likely N-dealkylation sites (tertiary alicyclic amines) is 1. The molecule has 0 aliphatic carbocycles. The third-order valence-electron chi connectivity index (χ3n) is 2.52. The van der Waals surface area contributed by atoms with Crippen LogP contribution in [-0.4, -0.2) is 48.5 Å². The molecule has 0 radical (unpaired) electrons. The molecule has 0 saturated carbocycles. The molecule has 14 heavy (non-hydrogen) atoms. The van der Waals surface area contributed by atoms with E-state index in [9.17, 15) is 4.79 Å². The van der Waals surface area contributed by atoms with Crippen LogP contribution in [0, 0.1) is 0 Å². The summed E-state index contributed by atoms with van der Waals surface area (Å²) >= 11 is 1.84. The highest BCUT2D eigenvalue weighted by Gasteiger charge is 2.29. The normalized spacial score (nSPS) is 22.0. The van der Waals surface area contributed by atoms with E-state index in [-0.39, 0.29) is 6.04 Å². The first-order chi connectivity index (χ1) is 6.79. The molecule has 0 aromatic heterocycles. The molecule has 1 aliphatic heterocycles. The van der Waals surface area contributed by atoms with Gasteiger partial charge in [-0.05, 0) is 31.4 Å². The minimum atomic E-state index is 0.0919. The smallest absolute Gasteiger partial charge is 0.239 e. The molecule has 4 heteroatoms. The number of nitrogens with zero attached hydrogens (tertiary/aromatic N) is 1. The van der Waals surface area contributed by atoms with Crippen LogP contribution in [0.4, 0.5) is 0 Å². The van der Waals surface area contributed by atoms with E-state index in [2.05, 4.69) is 11.6 Å². The summed E-state index contributed by atoms with van der Waals surface area (Å²) in [7, 11) is 0. The second kappa shape index (κ2) is 6.30. The lowest BCUT2D eigenvalue weighted by Crippen LogP contribution is -2.38. The maximum atomic E-state index is 11.7. The first-order valence-corrected chi connectivity index (χ1v) is 6.70. The van der Waals surface area contributed by atoms with Crippen molar-refractivity contribution in [2.45, 2.75) is 25.8 Å². The van der Waals surface area contributed by atoms with Crippen molar-refractivity contribution in [2.75, 3.05) is 31.6 Å². The van der Waals surface area contributed by atoms with Gasteiger partial charge in [0, 0.05) is 13.1 Å². The summed E-state index contributed by atoms with van der Waals surface area (Å²) in [5, 5.41) is 3.22. The fourth-order valence-corrected chi connectivity index (χ4v) is 2.21. The maximum absolute atomic E-state index is 11.7. The van der Waals surface area contributed by atoms with Crippen LogP contribution in [0.15, 0.2) is 0 Å². The summed E-state index contributed by atoms with van der Waals surface area (Å²) in [5.74, 6) is 1.45. The van der Waals surface area contributed by atoms with Crippen molar-refractivity contribution in [3.8, 4) is 0 Å². The van der Waals surface area contributed by atoms with Gasteiger partial charge in [-0.15, -0.1) is 0 Å². The molecule has 3 nitrogen and oxygen atoms in total. The van der Waals surface area contributed by atoms with E-state index < -0.39 is 0 Å². The molecule has 0 aromatic rings. The fraction of sp³-hybridized carbons (Fsp3) is 0.900. The summed E-state index contributed by atoms with van der Waals surface area (Å²) in [6, 6.07) is 0.0919. The van der Waals surface area contributed by atoms with Crippen molar-refractivity contribution in [3.05, 3.63) is 0 Å². The zero-order valence-electron chi connectivity index (χ0n) is 9.08. The molecule has 0 bridgehead atoms. The van der Waals surface area contributed by atoms with Crippen LogP contribution >= 0.6 is 11.8 Å². The van der Waals surface area contributed by atoms with Gasteiger partial charge < -0.3 is 10.2 Å². The Hall–Kier alpha value is -0.220. The molecule has 0 aromatic carbocycles. The number of rotatable bonds is 6. The molecule has 0 spiro atoms. The number of carbonyl (C=O) groups excluding carboxylic acids is 1. The summed E-state index contributed by atoms with van der Waals surface area (Å²) in [6.07, 6.45) is 4.20. The number of hydrogen-bond acceptors (Lipinski definition) is 3. The number of amides is 1. The van der Waals surface area contributed by atoms with Crippen LogP contribution in [0.3, 0.4) is 0 Å². The highest BCUT2D eigenvalue weighted by Crippen LogP contribution is 2.11. The van der Waals surface area contributed by atoms with Gasteiger partial charge in [-0.2, -0.15) is 11.8 Å². The third-order valence-corrected chi connectivity index (χ3v) is 3.22. The van der Waals surface area contributed by atoms with Gasteiger partial charge in [-0.3, -0.25) is 4.79 Å². The van der Waals surface area contributed by atoms with E-state index >= 15 is 0 Å². The highest BCUT2D eigenvalue weighted by atomic mass is 32.2. The highest BCUT2D eigenvalue weighted by molar-refractivity contribution is 7.98. The Bertz CT molecular complexity index is 187. The van der Waals surface area contributed by atoms with E-state index in [0.717, 1.165) is 38.2 Å². The van der Waals surface area contributed by atoms with E-state index in [1.165, 1.54) is 0 Å². The molecule has 1 saturated heterocycles. The monoisotopic (exact) mass is 216 g/mol. The number of likely N-dealkylation sites (N-methyl/N-ethyl adjacent to an activating group) is 1. The number of hydrogen-bond donors (Lipinski definition) is 1. The fourth-order valence-electron chi connectivity index (χ4n) is 1.80. The molecular formula is C10H20N2OS. The lowest BCUT2D eigenvalue weighted by molar-refractivity contribution is -0.129. The minimum absolute atomic E-state index is 0.0919. The van der Waals surface area contributed by atoms with Gasteiger partial charge in [-0.1, -0.05) is 6.92 Å². The molecule has 1 atom stereocenters. The zero-order chi connectivity index (χ0) is 10.4. The molecule has 1 unspecified atom stereocenters. The second-order valence-electron chi connectivity index (χ2n) is 3.57. The minimum Gasteiger partial charge on any atom is -0.341 e. The second-order valence-corrected chi connectivity index (χ2v) is 4.56. The zero-order valence-corrected chi connectivity index (χ0v) is 9.90. The van der Waals surface area contributed by atoms with Crippen molar-refractivity contribution >= 4 is 17.7 Å². The molecule has 1 amide bonds. The molecule has 1 N–H and O–H groups in total. The van der Waals surface area contributed by atoms with Gasteiger partial charge in [-0.25, -0.2) is 0 Å². The number of carbonyl (C=O) groups is 1. The Balaban J connectivity index is 2.25. The van der Waals surface area contributed by atoms with Crippen LogP contribution < -0.4 is 5.32 Å². The van der Waals surface area contributed by atoms with Crippen LogP contribution in [0.1, 0.15) is 19.8 Å². The van der Waals surface area contributed by atoms with Gasteiger partial charge in [0.2, 0.25) is 5.91 Å². The van der Waals surface area contributed by atoms with Crippen molar-refractivity contribution in [1.29, 1.82) is 0 Å². The molecule has 82 valence electrons.